The molecule has 5 heteroatoms. The largest absolute Gasteiger partial charge is 0.297 e. The third kappa shape index (κ3) is 4.48. The normalized spacial score (nSPS) is 20.0. The molecule has 0 amide bonds. The van der Waals surface area contributed by atoms with Crippen LogP contribution < -0.4 is 0 Å². The predicted octanol–water partition coefficient (Wildman–Crippen LogP) is 4.81. The van der Waals surface area contributed by atoms with Gasteiger partial charge in [0.05, 0.1) is 17.0 Å². The lowest BCUT2D eigenvalue weighted by atomic mass is 9.97. The molecule has 3 aromatic rings. The van der Waals surface area contributed by atoms with Crippen LogP contribution in [0.5, 0.6) is 0 Å². The Morgan fingerprint density at radius 2 is 1.37 bits per heavy atom. The highest BCUT2D eigenvalue weighted by Crippen LogP contribution is 2.35. The molecule has 156 valence electrons. The molecular formula is C25H27NO3S. The maximum atomic E-state index is 12.8. The lowest BCUT2D eigenvalue weighted by Gasteiger charge is -2.29. The van der Waals surface area contributed by atoms with Gasteiger partial charge in [-0.2, -0.15) is 8.42 Å². The van der Waals surface area contributed by atoms with Crippen molar-refractivity contribution in [2.45, 2.75) is 30.9 Å². The number of likely N-dealkylation sites (tertiary alicyclic amines) is 1. The van der Waals surface area contributed by atoms with Gasteiger partial charge >= 0.3 is 0 Å². The van der Waals surface area contributed by atoms with Gasteiger partial charge in [-0.25, -0.2) is 0 Å². The molecule has 4 rings (SSSR count). The Balaban J connectivity index is 1.58. The fraction of sp³-hybridized carbons (Fsp3) is 0.280. The molecular weight excluding hydrogens is 394 g/mol. The minimum atomic E-state index is -3.80. The number of hydrogen-bond acceptors (Lipinski definition) is 4. The second-order valence-corrected chi connectivity index (χ2v) is 9.63. The highest BCUT2D eigenvalue weighted by molar-refractivity contribution is 7.86. The Morgan fingerprint density at radius 3 is 1.90 bits per heavy atom. The van der Waals surface area contributed by atoms with Crippen LogP contribution in [0.1, 0.15) is 29.7 Å². The molecule has 1 fully saturated rings. The smallest absolute Gasteiger partial charge is 0.289 e. The van der Waals surface area contributed by atoms with Crippen molar-refractivity contribution >= 4 is 10.1 Å². The average Bonchev–Trinajstić information content (AvgIpc) is 3.09. The molecule has 0 spiro atoms. The van der Waals surface area contributed by atoms with Crippen LogP contribution in [-0.4, -0.2) is 32.5 Å². The second-order valence-electron chi connectivity index (χ2n) is 8.06. The van der Waals surface area contributed by atoms with Gasteiger partial charge in [0.15, 0.2) is 0 Å². The molecule has 1 saturated heterocycles. The molecule has 2 unspecified atom stereocenters. The summed E-state index contributed by atoms with van der Waals surface area (Å²) in [6, 6.07) is 27.6. The van der Waals surface area contributed by atoms with E-state index in [4.69, 9.17) is 4.18 Å². The molecule has 1 aliphatic heterocycles. The van der Waals surface area contributed by atoms with Gasteiger partial charge in [0, 0.05) is 13.1 Å². The van der Waals surface area contributed by atoms with Crippen molar-refractivity contribution in [1.82, 2.24) is 4.90 Å². The Hall–Kier alpha value is -2.47. The first-order valence-corrected chi connectivity index (χ1v) is 11.7. The summed E-state index contributed by atoms with van der Waals surface area (Å²) in [6.07, 6.45) is -0.383. The molecule has 3 aromatic carbocycles. The summed E-state index contributed by atoms with van der Waals surface area (Å²) in [5.74, 6) is 0.0974. The van der Waals surface area contributed by atoms with E-state index in [0.29, 0.717) is 6.54 Å². The van der Waals surface area contributed by atoms with E-state index >= 15 is 0 Å². The molecule has 30 heavy (non-hydrogen) atoms. The number of aryl methyl sites for hydroxylation is 1. The van der Waals surface area contributed by atoms with Gasteiger partial charge in [0.2, 0.25) is 0 Å². The number of nitrogens with zero attached hydrogens (tertiary/aromatic N) is 1. The molecule has 0 aromatic heterocycles. The number of benzene rings is 3. The zero-order valence-corrected chi connectivity index (χ0v) is 18.1. The zero-order chi connectivity index (χ0) is 21.1. The summed E-state index contributed by atoms with van der Waals surface area (Å²) < 4.78 is 31.4. The molecule has 0 radical (unpaired) electrons. The standard InChI is InChI=1S/C25H27NO3S/c1-19-13-15-23(16-14-19)30(27,28)29-24-18-26(17-20(24)2)25(21-9-5-3-6-10-21)22-11-7-4-8-12-22/h3-16,20,24-25H,17-18H2,1-2H3. The monoisotopic (exact) mass is 421 g/mol. The third-order valence-electron chi connectivity index (χ3n) is 5.73. The van der Waals surface area contributed by atoms with Crippen LogP contribution in [0.25, 0.3) is 0 Å². The predicted molar refractivity (Wildman–Crippen MR) is 119 cm³/mol. The van der Waals surface area contributed by atoms with E-state index in [2.05, 4.69) is 36.1 Å². The molecule has 0 aliphatic carbocycles. The van der Waals surface area contributed by atoms with E-state index in [1.807, 2.05) is 43.3 Å². The molecule has 0 saturated carbocycles. The van der Waals surface area contributed by atoms with Crippen molar-refractivity contribution < 1.29 is 12.6 Å². The van der Waals surface area contributed by atoms with Gasteiger partial charge in [-0.15, -0.1) is 0 Å². The van der Waals surface area contributed by atoms with Crippen LogP contribution in [0.3, 0.4) is 0 Å². The topological polar surface area (TPSA) is 46.6 Å². The van der Waals surface area contributed by atoms with Gasteiger partial charge in [0.1, 0.15) is 0 Å². The number of hydrogen-bond donors (Lipinski definition) is 0. The molecule has 1 heterocycles. The van der Waals surface area contributed by atoms with E-state index in [1.54, 1.807) is 24.3 Å². The van der Waals surface area contributed by atoms with Crippen LogP contribution in [0, 0.1) is 12.8 Å². The maximum absolute atomic E-state index is 12.8. The van der Waals surface area contributed by atoms with Crippen LogP contribution in [0.4, 0.5) is 0 Å². The van der Waals surface area contributed by atoms with Gasteiger partial charge in [0.25, 0.3) is 10.1 Å². The quantitative estimate of drug-likeness (QED) is 0.536. The molecule has 0 bridgehead atoms. The van der Waals surface area contributed by atoms with Crippen LogP contribution in [0.15, 0.2) is 89.8 Å². The van der Waals surface area contributed by atoms with Gasteiger partial charge in [-0.1, -0.05) is 85.3 Å². The summed E-state index contributed by atoms with van der Waals surface area (Å²) in [5, 5.41) is 0. The van der Waals surface area contributed by atoms with Crippen molar-refractivity contribution in [3.63, 3.8) is 0 Å². The first-order chi connectivity index (χ1) is 14.4. The van der Waals surface area contributed by atoms with E-state index in [1.165, 1.54) is 11.1 Å². The number of rotatable bonds is 6. The van der Waals surface area contributed by atoms with Crippen LogP contribution in [-0.2, 0) is 14.3 Å². The van der Waals surface area contributed by atoms with Crippen molar-refractivity contribution in [3.05, 3.63) is 102 Å². The lowest BCUT2D eigenvalue weighted by Crippen LogP contribution is -2.30. The van der Waals surface area contributed by atoms with Crippen molar-refractivity contribution in [2.24, 2.45) is 5.92 Å². The summed E-state index contributed by atoms with van der Waals surface area (Å²) in [6.45, 7) is 5.31. The Kier molecular flexibility index (Phi) is 6.04. The minimum absolute atomic E-state index is 0.0607. The van der Waals surface area contributed by atoms with Gasteiger partial charge in [-0.3, -0.25) is 9.08 Å². The van der Waals surface area contributed by atoms with Crippen LogP contribution >= 0.6 is 0 Å². The molecule has 2 atom stereocenters. The highest BCUT2D eigenvalue weighted by atomic mass is 32.2. The second kappa shape index (κ2) is 8.72. The van der Waals surface area contributed by atoms with Crippen molar-refractivity contribution in [3.8, 4) is 0 Å². The zero-order valence-electron chi connectivity index (χ0n) is 17.3. The van der Waals surface area contributed by atoms with E-state index < -0.39 is 10.1 Å². The highest BCUT2D eigenvalue weighted by Gasteiger charge is 2.38. The summed E-state index contributed by atoms with van der Waals surface area (Å²) >= 11 is 0. The first kappa shape index (κ1) is 20.8. The summed E-state index contributed by atoms with van der Waals surface area (Å²) in [7, 11) is -3.80. The van der Waals surface area contributed by atoms with E-state index in [9.17, 15) is 8.42 Å². The Labute approximate surface area is 179 Å². The molecule has 0 N–H and O–H groups in total. The fourth-order valence-corrected chi connectivity index (χ4v) is 5.27. The van der Waals surface area contributed by atoms with E-state index in [-0.39, 0.29) is 23.0 Å². The Bertz CT molecular complexity index is 1030. The van der Waals surface area contributed by atoms with Gasteiger partial charge < -0.3 is 0 Å². The Morgan fingerprint density at radius 1 is 0.833 bits per heavy atom. The molecule has 4 nitrogen and oxygen atoms in total. The van der Waals surface area contributed by atoms with Crippen molar-refractivity contribution in [1.29, 1.82) is 0 Å². The van der Waals surface area contributed by atoms with E-state index in [0.717, 1.165) is 12.1 Å². The van der Waals surface area contributed by atoms with Crippen molar-refractivity contribution in [2.75, 3.05) is 13.1 Å². The first-order valence-electron chi connectivity index (χ1n) is 10.3. The third-order valence-corrected chi connectivity index (χ3v) is 7.08. The SMILES string of the molecule is Cc1ccc(S(=O)(=O)OC2CN(C(c3ccccc3)c3ccccc3)CC2C)cc1. The summed E-state index contributed by atoms with van der Waals surface area (Å²) in [4.78, 5) is 2.53. The summed E-state index contributed by atoms with van der Waals surface area (Å²) in [5.41, 5.74) is 3.40. The lowest BCUT2D eigenvalue weighted by molar-refractivity contribution is 0.176. The maximum Gasteiger partial charge on any atom is 0.297 e. The molecule has 1 aliphatic rings. The van der Waals surface area contributed by atoms with Gasteiger partial charge in [-0.05, 0) is 36.1 Å². The average molecular weight is 422 g/mol. The fourth-order valence-electron chi connectivity index (χ4n) is 4.12. The minimum Gasteiger partial charge on any atom is -0.289 e. The van der Waals surface area contributed by atoms with Crippen LogP contribution in [0.2, 0.25) is 0 Å².